The van der Waals surface area contributed by atoms with Crippen LogP contribution >= 0.6 is 0 Å². The summed E-state index contributed by atoms with van der Waals surface area (Å²) in [5.74, 6) is -2.13. The van der Waals surface area contributed by atoms with Gasteiger partial charge in [0.25, 0.3) is 0 Å². The molecule has 0 aromatic rings. The molecule has 6 heteroatoms. The third-order valence-corrected chi connectivity index (χ3v) is 4.99. The van der Waals surface area contributed by atoms with Crippen LogP contribution in [0.1, 0.15) is 109 Å². The van der Waals surface area contributed by atoms with E-state index in [1.54, 1.807) is 0 Å². The van der Waals surface area contributed by atoms with Gasteiger partial charge in [0.1, 0.15) is 0 Å². The van der Waals surface area contributed by atoms with Gasteiger partial charge in [-0.25, -0.2) is 4.79 Å². The van der Waals surface area contributed by atoms with Crippen molar-refractivity contribution >= 4 is 17.8 Å². The van der Waals surface area contributed by atoms with E-state index in [4.69, 9.17) is 10.2 Å². The Bertz CT molecular complexity index is 462. The van der Waals surface area contributed by atoms with Crippen molar-refractivity contribution in [2.24, 2.45) is 0 Å². The number of carbonyl (C=O) groups excluding carboxylic acids is 1. The van der Waals surface area contributed by atoms with E-state index in [9.17, 15) is 14.4 Å². The van der Waals surface area contributed by atoms with Crippen molar-refractivity contribution in [2.45, 2.75) is 109 Å². The molecular weight excluding hydrogens is 370 g/mol. The minimum atomic E-state index is -1.11. The van der Waals surface area contributed by atoms with Gasteiger partial charge in [-0.3, -0.25) is 9.59 Å². The van der Waals surface area contributed by atoms with E-state index in [-0.39, 0.29) is 5.91 Å². The third kappa shape index (κ3) is 24.1. The molecule has 0 radical (unpaired) electrons. The summed E-state index contributed by atoms with van der Waals surface area (Å²) < 4.78 is 0. The van der Waals surface area contributed by atoms with Crippen molar-refractivity contribution in [1.82, 2.24) is 5.32 Å². The highest BCUT2D eigenvalue weighted by Crippen LogP contribution is 2.14. The molecule has 168 valence electrons. The average molecular weight is 412 g/mol. The Labute approximate surface area is 176 Å². The molecule has 0 spiro atoms. The van der Waals surface area contributed by atoms with Gasteiger partial charge in [-0.15, -0.1) is 0 Å². The highest BCUT2D eigenvalue weighted by atomic mass is 16.4. The number of carboxylic acids is 2. The number of carboxylic acid groups (broad SMARTS) is 2. The molecule has 0 fully saturated rings. The predicted molar refractivity (Wildman–Crippen MR) is 116 cm³/mol. The second-order valence-electron chi connectivity index (χ2n) is 7.76. The van der Waals surface area contributed by atoms with Crippen molar-refractivity contribution in [1.29, 1.82) is 0 Å². The minimum absolute atomic E-state index is 0.312. The molecule has 3 N–H and O–H groups in total. The summed E-state index contributed by atoms with van der Waals surface area (Å²) in [6.07, 6.45) is 21.4. The molecule has 0 atom stereocenters. The zero-order chi connectivity index (χ0) is 21.6. The van der Waals surface area contributed by atoms with E-state index in [0.717, 1.165) is 37.8 Å². The summed E-state index contributed by atoms with van der Waals surface area (Å²) in [6.45, 7) is 0.602. The van der Waals surface area contributed by atoms with Gasteiger partial charge in [-0.05, 0) is 12.8 Å². The maximum Gasteiger partial charge on any atom is 0.328 e. The number of aliphatic carboxylic acids is 2. The number of unbranched alkanes of at least 4 members (excludes halogenated alkanes) is 15. The van der Waals surface area contributed by atoms with Gasteiger partial charge < -0.3 is 15.5 Å². The molecule has 0 aliphatic heterocycles. The Hall–Kier alpha value is -1.85. The van der Waals surface area contributed by atoms with E-state index in [2.05, 4.69) is 5.32 Å². The first-order chi connectivity index (χ1) is 14.0. The lowest BCUT2D eigenvalue weighted by Gasteiger charge is -2.04. The zero-order valence-corrected chi connectivity index (χ0v) is 18.0. The molecule has 0 saturated heterocycles. The molecule has 0 saturated carbocycles. The molecule has 0 aromatic carbocycles. The Kier molecular flexibility index (Phi) is 19.5. The largest absolute Gasteiger partial charge is 0.481 e. The van der Waals surface area contributed by atoms with E-state index >= 15 is 0 Å². The monoisotopic (exact) mass is 411 g/mol. The molecule has 0 aliphatic rings. The average Bonchev–Trinajstić information content (AvgIpc) is 2.67. The fraction of sp³-hybridized carbons (Fsp3) is 0.783. The molecule has 6 nitrogen and oxygen atoms in total. The van der Waals surface area contributed by atoms with Crippen molar-refractivity contribution in [3.8, 4) is 0 Å². The van der Waals surface area contributed by atoms with Crippen LogP contribution in [0.2, 0.25) is 0 Å². The molecule has 0 aromatic heterocycles. The molecule has 0 heterocycles. The standard InChI is InChI=1S/C23H41NO5/c25-21(18-19-23(28)29)24-20-16-14-12-10-8-6-4-2-1-3-5-7-9-11-13-15-17-22(26)27/h18-19H,1-17,20H2,(H,24,25)(H,26,27)(H,28,29)/b19-18-. The van der Waals surface area contributed by atoms with Gasteiger partial charge >= 0.3 is 11.9 Å². The third-order valence-electron chi connectivity index (χ3n) is 4.99. The van der Waals surface area contributed by atoms with Crippen LogP contribution in [0.15, 0.2) is 12.2 Å². The smallest absolute Gasteiger partial charge is 0.328 e. The number of nitrogens with one attached hydrogen (secondary N) is 1. The summed E-state index contributed by atoms with van der Waals surface area (Å²) in [4.78, 5) is 31.9. The molecule has 1 amide bonds. The number of amides is 1. The van der Waals surface area contributed by atoms with Crippen molar-refractivity contribution in [3.05, 3.63) is 12.2 Å². The van der Waals surface area contributed by atoms with Gasteiger partial charge in [0.2, 0.25) is 5.91 Å². The van der Waals surface area contributed by atoms with Crippen LogP contribution in [-0.4, -0.2) is 34.6 Å². The Morgan fingerprint density at radius 1 is 0.552 bits per heavy atom. The first kappa shape index (κ1) is 27.1. The minimum Gasteiger partial charge on any atom is -0.481 e. The lowest BCUT2D eigenvalue weighted by molar-refractivity contribution is -0.137. The van der Waals surface area contributed by atoms with Crippen molar-refractivity contribution < 1.29 is 24.6 Å². The van der Waals surface area contributed by atoms with E-state index in [1.165, 1.54) is 77.0 Å². The second kappa shape index (κ2) is 20.9. The van der Waals surface area contributed by atoms with Crippen LogP contribution < -0.4 is 5.32 Å². The predicted octanol–water partition coefficient (Wildman–Crippen LogP) is 5.46. The maximum atomic E-state index is 11.3. The molecule has 0 bridgehead atoms. The number of carbonyl (C=O) groups is 3. The first-order valence-corrected chi connectivity index (χ1v) is 11.4. The lowest BCUT2D eigenvalue weighted by atomic mass is 10.0. The second-order valence-corrected chi connectivity index (χ2v) is 7.76. The highest BCUT2D eigenvalue weighted by Gasteiger charge is 1.98. The summed E-state index contributed by atoms with van der Waals surface area (Å²) in [7, 11) is 0. The van der Waals surface area contributed by atoms with E-state index in [0.29, 0.717) is 13.0 Å². The summed E-state index contributed by atoms with van der Waals surface area (Å²) in [5.41, 5.74) is 0. The summed E-state index contributed by atoms with van der Waals surface area (Å²) in [5, 5.41) is 19.7. The number of hydrogen-bond acceptors (Lipinski definition) is 3. The first-order valence-electron chi connectivity index (χ1n) is 11.4. The summed E-state index contributed by atoms with van der Waals surface area (Å²) in [6, 6.07) is 0. The van der Waals surface area contributed by atoms with Crippen molar-refractivity contribution in [2.75, 3.05) is 6.54 Å². The molecular formula is C23H41NO5. The maximum absolute atomic E-state index is 11.3. The van der Waals surface area contributed by atoms with E-state index in [1.807, 2.05) is 0 Å². The van der Waals surface area contributed by atoms with Crippen LogP contribution in [0.3, 0.4) is 0 Å². The van der Waals surface area contributed by atoms with Gasteiger partial charge in [0, 0.05) is 25.1 Å². The molecule has 0 unspecified atom stereocenters. The Morgan fingerprint density at radius 2 is 0.931 bits per heavy atom. The van der Waals surface area contributed by atoms with Gasteiger partial charge in [-0.2, -0.15) is 0 Å². The van der Waals surface area contributed by atoms with Crippen molar-refractivity contribution in [3.63, 3.8) is 0 Å². The molecule has 0 aliphatic carbocycles. The Morgan fingerprint density at radius 3 is 1.31 bits per heavy atom. The van der Waals surface area contributed by atoms with Gasteiger partial charge in [0.05, 0.1) is 0 Å². The van der Waals surface area contributed by atoms with Gasteiger partial charge in [-0.1, -0.05) is 89.9 Å². The van der Waals surface area contributed by atoms with Crippen LogP contribution in [0.5, 0.6) is 0 Å². The lowest BCUT2D eigenvalue weighted by Crippen LogP contribution is -2.22. The van der Waals surface area contributed by atoms with E-state index < -0.39 is 11.9 Å². The quantitative estimate of drug-likeness (QED) is 0.172. The number of rotatable bonds is 21. The molecule has 0 rings (SSSR count). The van der Waals surface area contributed by atoms with Crippen LogP contribution in [0, 0.1) is 0 Å². The van der Waals surface area contributed by atoms with Crippen LogP contribution in [-0.2, 0) is 14.4 Å². The topological polar surface area (TPSA) is 104 Å². The number of hydrogen-bond donors (Lipinski definition) is 3. The molecule has 29 heavy (non-hydrogen) atoms. The Balaban J connectivity index is 3.14. The van der Waals surface area contributed by atoms with Crippen LogP contribution in [0.4, 0.5) is 0 Å². The zero-order valence-electron chi connectivity index (χ0n) is 18.0. The fourth-order valence-corrected chi connectivity index (χ4v) is 3.29. The van der Waals surface area contributed by atoms with Crippen LogP contribution in [0.25, 0.3) is 0 Å². The van der Waals surface area contributed by atoms with Gasteiger partial charge in [0.15, 0.2) is 0 Å². The fourth-order valence-electron chi connectivity index (χ4n) is 3.29. The highest BCUT2D eigenvalue weighted by molar-refractivity contribution is 5.93. The summed E-state index contributed by atoms with van der Waals surface area (Å²) >= 11 is 0. The normalized spacial score (nSPS) is 11.0. The SMILES string of the molecule is O=C(O)/C=C\C(=O)NCCCCCCCCCCCCCCCCCCC(=O)O.